The lowest BCUT2D eigenvalue weighted by molar-refractivity contribution is -0.172. The lowest BCUT2D eigenvalue weighted by Crippen LogP contribution is -2.49. The molecule has 12 nitrogen and oxygen atoms in total. The van der Waals surface area contributed by atoms with Crippen LogP contribution in [0.5, 0.6) is 5.75 Å². The molecule has 0 saturated carbocycles. The van der Waals surface area contributed by atoms with Crippen molar-refractivity contribution in [3.8, 4) is 17.1 Å². The van der Waals surface area contributed by atoms with Crippen LogP contribution in [0.25, 0.3) is 22.3 Å². The molecule has 2 aromatic heterocycles. The number of ether oxygens (including phenoxy) is 2. The Labute approximate surface area is 400 Å². The van der Waals surface area contributed by atoms with E-state index in [0.29, 0.717) is 74.6 Å². The van der Waals surface area contributed by atoms with E-state index in [1.165, 1.54) is 0 Å². The fraction of sp³-hybridized carbons (Fsp3) is 0.375. The van der Waals surface area contributed by atoms with Crippen LogP contribution in [-0.4, -0.2) is 68.6 Å². The second-order valence-corrected chi connectivity index (χ2v) is 17.4. The first-order valence-corrected chi connectivity index (χ1v) is 24.2. The highest BCUT2D eigenvalue weighted by atomic mass is 16.6. The molecule has 3 aliphatic rings. The Bertz CT molecular complexity index is 2680. The van der Waals surface area contributed by atoms with Crippen LogP contribution < -0.4 is 15.6 Å². The zero-order valence-electron chi connectivity index (χ0n) is 39.8. The summed E-state index contributed by atoms with van der Waals surface area (Å²) in [6.45, 7) is 9.13. The van der Waals surface area contributed by atoms with Crippen molar-refractivity contribution in [1.82, 2.24) is 19.4 Å². The minimum absolute atomic E-state index is 0.0133. The van der Waals surface area contributed by atoms with Gasteiger partial charge in [-0.25, -0.2) is 14.6 Å². The van der Waals surface area contributed by atoms with Crippen LogP contribution in [0.3, 0.4) is 0 Å². The van der Waals surface area contributed by atoms with Crippen molar-refractivity contribution in [2.24, 2.45) is 0 Å². The Morgan fingerprint density at radius 2 is 1.43 bits per heavy atom. The average molecular weight is 920 g/mol. The van der Waals surface area contributed by atoms with Crippen molar-refractivity contribution in [2.75, 3.05) is 31.5 Å². The highest BCUT2D eigenvalue weighted by molar-refractivity contribution is 5.91. The van der Waals surface area contributed by atoms with E-state index in [4.69, 9.17) is 14.5 Å². The average Bonchev–Trinajstić information content (AvgIpc) is 3.72. The smallest absolute Gasteiger partial charge is 0.415 e. The Morgan fingerprint density at radius 3 is 2.04 bits per heavy atom. The fourth-order valence-corrected chi connectivity index (χ4v) is 8.89. The van der Waals surface area contributed by atoms with E-state index >= 15 is 0 Å². The number of allylic oxidation sites excluding steroid dienone is 12. The van der Waals surface area contributed by atoms with Gasteiger partial charge in [0.2, 0.25) is 5.91 Å². The van der Waals surface area contributed by atoms with Crippen LogP contribution in [0.1, 0.15) is 106 Å². The first-order valence-electron chi connectivity index (χ1n) is 24.2. The van der Waals surface area contributed by atoms with Gasteiger partial charge in [-0.05, 0) is 105 Å². The van der Waals surface area contributed by atoms with E-state index in [-0.39, 0.29) is 35.6 Å². The predicted molar refractivity (Wildman–Crippen MR) is 269 cm³/mol. The van der Waals surface area contributed by atoms with Gasteiger partial charge in [-0.3, -0.25) is 14.5 Å². The lowest BCUT2D eigenvalue weighted by atomic mass is 9.86. The maximum Gasteiger partial charge on any atom is 0.415 e. The molecule has 7 rings (SSSR count). The second kappa shape index (κ2) is 23.9. The molecule has 1 atom stereocenters. The monoisotopic (exact) mass is 919 g/mol. The summed E-state index contributed by atoms with van der Waals surface area (Å²) in [6, 6.07) is 15.0. The molecule has 1 fully saturated rings. The Morgan fingerprint density at radius 1 is 0.794 bits per heavy atom. The number of anilines is 1. The van der Waals surface area contributed by atoms with Gasteiger partial charge in [0.1, 0.15) is 12.4 Å². The number of esters is 1. The quantitative estimate of drug-likeness (QED) is 0.0576. The molecule has 2 aromatic carbocycles. The predicted octanol–water partition coefficient (Wildman–Crippen LogP) is 10.4. The number of carbonyl (C=O) groups is 3. The van der Waals surface area contributed by atoms with E-state index < -0.39 is 17.7 Å². The molecule has 3 aliphatic heterocycles. The highest BCUT2D eigenvalue weighted by Crippen LogP contribution is 2.41. The van der Waals surface area contributed by atoms with Crippen LogP contribution in [0, 0.1) is 0 Å². The molecular formula is C56H65N5O7. The van der Waals surface area contributed by atoms with Gasteiger partial charge in [-0.1, -0.05) is 106 Å². The van der Waals surface area contributed by atoms with Gasteiger partial charge in [0.15, 0.2) is 5.60 Å². The lowest BCUT2D eigenvalue weighted by Gasteiger charge is -2.34. The van der Waals surface area contributed by atoms with Crippen molar-refractivity contribution in [3.63, 3.8) is 0 Å². The molecule has 0 bridgehead atoms. The number of cyclic esters (lactones) is 1. The number of hydrogen-bond donors (Lipinski definition) is 2. The van der Waals surface area contributed by atoms with Gasteiger partial charge < -0.3 is 29.4 Å². The largest absolute Gasteiger partial charge is 0.458 e. The Kier molecular flexibility index (Phi) is 17.3. The summed E-state index contributed by atoms with van der Waals surface area (Å²) in [5.74, 6) is -0.358. The zero-order chi connectivity index (χ0) is 47.9. The van der Waals surface area contributed by atoms with Crippen molar-refractivity contribution in [3.05, 3.63) is 160 Å². The van der Waals surface area contributed by atoms with Gasteiger partial charge >= 0.3 is 12.1 Å². The van der Waals surface area contributed by atoms with Crippen molar-refractivity contribution < 1.29 is 29.0 Å². The summed E-state index contributed by atoms with van der Waals surface area (Å²) < 4.78 is 12.8. The van der Waals surface area contributed by atoms with Crippen molar-refractivity contribution in [2.45, 2.75) is 110 Å². The van der Waals surface area contributed by atoms with Crippen LogP contribution in [0.15, 0.2) is 126 Å². The van der Waals surface area contributed by atoms with Crippen LogP contribution in [0.4, 0.5) is 10.5 Å². The molecule has 0 aliphatic carbocycles. The molecule has 2 amide bonds. The number of piperazine rings is 1. The number of aromatic nitrogens is 2. The number of hydrogen-bond acceptors (Lipinski definition) is 9. The topological polar surface area (TPSA) is 143 Å². The summed E-state index contributed by atoms with van der Waals surface area (Å²) in [5.41, 5.74) is 4.01. The molecule has 12 heteroatoms. The van der Waals surface area contributed by atoms with Crippen LogP contribution >= 0.6 is 0 Å². The molecular weight excluding hydrogens is 855 g/mol. The number of aryl methyl sites for hydroxylation is 1. The van der Waals surface area contributed by atoms with E-state index in [1.807, 2.05) is 43.3 Å². The molecule has 2 N–H and O–H groups in total. The maximum atomic E-state index is 13.7. The summed E-state index contributed by atoms with van der Waals surface area (Å²) in [4.78, 5) is 61.3. The number of benzene rings is 2. The second-order valence-electron chi connectivity index (χ2n) is 17.4. The highest BCUT2D eigenvalue weighted by Gasteiger charge is 2.45. The minimum Gasteiger partial charge on any atom is -0.458 e. The number of fused-ring (bicyclic) bond motifs is 5. The van der Waals surface area contributed by atoms with Gasteiger partial charge in [-0.2, -0.15) is 0 Å². The van der Waals surface area contributed by atoms with Crippen molar-refractivity contribution >= 4 is 34.6 Å². The zero-order valence-corrected chi connectivity index (χ0v) is 39.8. The SMILES string of the molecule is CC/C=C\C/C=C\C/C=C\C/C=C\C/C=C\C/C=C\CCC(=O)Nc1ccc(CN2CCN(C(=O)Oc3ccc4nc5c(c(CC)c4c3)Cn3c-5cc4c(c3=O)COC(=O)[C@]4(O)CC)CC2)cc1. The summed E-state index contributed by atoms with van der Waals surface area (Å²) in [6.07, 6.45) is 33.3. The molecule has 4 aromatic rings. The van der Waals surface area contributed by atoms with E-state index in [9.17, 15) is 24.3 Å². The first-order chi connectivity index (χ1) is 33.1. The Balaban J connectivity index is 0.814. The third kappa shape index (κ3) is 12.1. The summed E-state index contributed by atoms with van der Waals surface area (Å²) >= 11 is 0. The molecule has 68 heavy (non-hydrogen) atoms. The van der Waals surface area contributed by atoms with Gasteiger partial charge in [0.05, 0.1) is 29.0 Å². The standard InChI is InChI=1S/C56H65N5O7/c1-4-7-8-9-10-11-12-13-14-15-16-17-18-19-20-21-22-23-24-25-51(62)57-42-28-26-41(27-29-42)38-59-32-34-60(35-33-59)55(65)68-43-30-31-49-45(36-43)44(5-2)46-39-61-50(52(46)58-49)37-48-47(53(61)63)40-67-54(64)56(48,66)6-3/h7-8,10-11,13-14,16-17,19-20,22-23,26-31,36-37,66H,4-6,9,12,15,18,21,24-25,32-35,38-40H2,1-3H3,(H,57,62)/b8-7-,11-10-,14-13-,17-16-,20-19-,23-22-/t56-/m0/s1. The number of nitrogens with zero attached hydrogens (tertiary/aromatic N) is 4. The number of pyridine rings is 2. The molecule has 356 valence electrons. The first kappa shape index (κ1) is 49.3. The number of rotatable bonds is 20. The minimum atomic E-state index is -1.90. The molecule has 0 spiro atoms. The third-order valence-corrected chi connectivity index (χ3v) is 12.7. The maximum absolute atomic E-state index is 13.7. The third-order valence-electron chi connectivity index (χ3n) is 12.7. The van der Waals surface area contributed by atoms with Crippen LogP contribution in [0.2, 0.25) is 0 Å². The fourth-order valence-electron chi connectivity index (χ4n) is 8.89. The van der Waals surface area contributed by atoms with Gasteiger partial charge in [0.25, 0.3) is 5.56 Å². The number of amides is 2. The van der Waals surface area contributed by atoms with Crippen molar-refractivity contribution in [1.29, 1.82) is 0 Å². The van der Waals surface area contributed by atoms with E-state index in [2.05, 4.69) is 90.1 Å². The number of carbonyl (C=O) groups excluding carboxylic acids is 3. The number of nitrogens with one attached hydrogen (secondary N) is 1. The van der Waals surface area contributed by atoms with E-state index in [1.54, 1.807) is 28.5 Å². The van der Waals surface area contributed by atoms with Crippen LogP contribution in [-0.2, 0) is 46.0 Å². The summed E-state index contributed by atoms with van der Waals surface area (Å²) in [7, 11) is 0. The van der Waals surface area contributed by atoms with E-state index in [0.717, 1.165) is 72.8 Å². The molecule has 1 saturated heterocycles. The molecule has 0 radical (unpaired) electrons. The Hall–Kier alpha value is -6.63. The van der Waals surface area contributed by atoms with Gasteiger partial charge in [-0.15, -0.1) is 0 Å². The molecule has 0 unspecified atom stereocenters. The number of aliphatic hydroxyl groups is 1. The normalized spacial score (nSPS) is 17.4. The van der Waals surface area contributed by atoms with Gasteiger partial charge in [0, 0.05) is 61.3 Å². The summed E-state index contributed by atoms with van der Waals surface area (Å²) in [5, 5.41) is 15.1. The molecule has 5 heterocycles.